The summed E-state index contributed by atoms with van der Waals surface area (Å²) in [5.74, 6) is 0.677. The number of carbonyl (C=O) groups excluding carboxylic acids is 1. The van der Waals surface area contributed by atoms with Crippen molar-refractivity contribution >= 4 is 44.9 Å². The lowest BCUT2D eigenvalue weighted by Gasteiger charge is -2.18. The fraction of sp³-hybridized carbons (Fsp3) is 0.321. The molecule has 7 heteroatoms. The molecule has 0 fully saturated rings. The maximum absolute atomic E-state index is 13.8. The number of nitrogens with zero attached hydrogens (tertiary/aromatic N) is 2. The van der Waals surface area contributed by atoms with Crippen LogP contribution in [0.2, 0.25) is 0 Å². The van der Waals surface area contributed by atoms with Gasteiger partial charge in [-0.2, -0.15) is 0 Å². The van der Waals surface area contributed by atoms with E-state index in [0.29, 0.717) is 11.1 Å². The molecule has 5 rings (SSSR count). The lowest BCUT2D eigenvalue weighted by Crippen LogP contribution is -2.23. The average molecular weight is 504 g/mol. The SMILES string of the molecule is Cc1cc(C)c(NC(=O)CSc2nc3sc4c(c3c(=O)n2-c2ccccc2)CCC(C)C4)c(C)c1. The number of rotatable bonds is 5. The second-order valence-corrected chi connectivity index (χ2v) is 11.5. The number of aryl methyl sites for hydroxylation is 4. The molecule has 1 aliphatic carbocycles. The maximum Gasteiger partial charge on any atom is 0.267 e. The molecule has 5 nitrogen and oxygen atoms in total. The summed E-state index contributed by atoms with van der Waals surface area (Å²) in [5, 5.41) is 4.36. The number of benzene rings is 2. The van der Waals surface area contributed by atoms with Crippen molar-refractivity contribution in [3.8, 4) is 5.69 Å². The molecule has 0 spiro atoms. The normalized spacial score (nSPS) is 15.3. The molecule has 1 unspecified atom stereocenters. The van der Waals surface area contributed by atoms with Gasteiger partial charge in [0.2, 0.25) is 5.91 Å². The van der Waals surface area contributed by atoms with Crippen molar-refractivity contribution in [2.24, 2.45) is 5.92 Å². The molecule has 1 amide bonds. The van der Waals surface area contributed by atoms with E-state index < -0.39 is 0 Å². The van der Waals surface area contributed by atoms with Gasteiger partial charge in [0.1, 0.15) is 4.83 Å². The first-order valence-electron chi connectivity index (χ1n) is 11.9. The number of thioether (sulfide) groups is 1. The van der Waals surface area contributed by atoms with Crippen LogP contribution in [0.4, 0.5) is 5.69 Å². The van der Waals surface area contributed by atoms with Gasteiger partial charge in [-0.15, -0.1) is 11.3 Å². The van der Waals surface area contributed by atoms with Gasteiger partial charge in [-0.05, 0) is 74.8 Å². The molecule has 0 bridgehead atoms. The third-order valence-corrected chi connectivity index (χ3v) is 8.67. The smallest absolute Gasteiger partial charge is 0.267 e. The van der Waals surface area contributed by atoms with Crippen molar-refractivity contribution in [3.05, 3.63) is 79.9 Å². The topological polar surface area (TPSA) is 64.0 Å². The zero-order valence-corrected chi connectivity index (χ0v) is 22.1. The lowest BCUT2D eigenvalue weighted by molar-refractivity contribution is -0.113. The monoisotopic (exact) mass is 503 g/mol. The first kappa shape index (κ1) is 23.8. The van der Waals surface area contributed by atoms with Gasteiger partial charge in [-0.25, -0.2) is 4.98 Å². The van der Waals surface area contributed by atoms with Gasteiger partial charge in [-0.3, -0.25) is 14.2 Å². The number of nitrogens with one attached hydrogen (secondary N) is 1. The van der Waals surface area contributed by atoms with Crippen LogP contribution in [-0.4, -0.2) is 21.2 Å². The molecule has 0 saturated carbocycles. The van der Waals surface area contributed by atoms with Gasteiger partial charge >= 0.3 is 0 Å². The Bertz CT molecular complexity index is 1460. The number of para-hydroxylation sites is 1. The molecule has 0 aliphatic heterocycles. The van der Waals surface area contributed by atoms with Gasteiger partial charge in [0.15, 0.2) is 5.16 Å². The number of hydrogen-bond acceptors (Lipinski definition) is 5. The molecule has 1 aliphatic rings. The first-order valence-corrected chi connectivity index (χ1v) is 13.7. The fourth-order valence-electron chi connectivity index (χ4n) is 4.96. The summed E-state index contributed by atoms with van der Waals surface area (Å²) in [4.78, 5) is 33.8. The van der Waals surface area contributed by atoms with Crippen molar-refractivity contribution < 1.29 is 4.79 Å². The molecule has 0 saturated heterocycles. The van der Waals surface area contributed by atoms with E-state index in [1.54, 1.807) is 15.9 Å². The molecule has 1 atom stereocenters. The van der Waals surface area contributed by atoms with Crippen LogP contribution in [0.15, 0.2) is 52.4 Å². The summed E-state index contributed by atoms with van der Waals surface area (Å²) in [5.41, 5.74) is 6.00. The highest BCUT2D eigenvalue weighted by Gasteiger charge is 2.25. The van der Waals surface area contributed by atoms with E-state index in [1.165, 1.54) is 27.8 Å². The average Bonchev–Trinajstić information content (AvgIpc) is 3.18. The van der Waals surface area contributed by atoms with E-state index in [4.69, 9.17) is 4.98 Å². The highest BCUT2D eigenvalue weighted by molar-refractivity contribution is 7.99. The minimum atomic E-state index is -0.113. The number of carbonyl (C=O) groups is 1. The van der Waals surface area contributed by atoms with Crippen molar-refractivity contribution in [3.63, 3.8) is 0 Å². The number of hydrogen-bond donors (Lipinski definition) is 1. The molecular weight excluding hydrogens is 474 g/mol. The largest absolute Gasteiger partial charge is 0.325 e. The van der Waals surface area contributed by atoms with E-state index in [2.05, 4.69) is 31.3 Å². The fourth-order valence-corrected chi connectivity index (χ4v) is 7.19. The van der Waals surface area contributed by atoms with Crippen LogP contribution in [0.5, 0.6) is 0 Å². The Morgan fingerprint density at radius 2 is 1.89 bits per heavy atom. The Labute approximate surface area is 213 Å². The Kier molecular flexibility index (Phi) is 6.55. The summed E-state index contributed by atoms with van der Waals surface area (Å²) in [6, 6.07) is 13.7. The number of thiophene rings is 1. The molecular formula is C28H29N3O2S2. The molecule has 0 radical (unpaired) electrons. The third kappa shape index (κ3) is 4.67. The van der Waals surface area contributed by atoms with Gasteiger partial charge in [0.05, 0.1) is 16.8 Å². The second kappa shape index (κ2) is 9.63. The van der Waals surface area contributed by atoms with Crippen LogP contribution >= 0.6 is 23.1 Å². The highest BCUT2D eigenvalue weighted by atomic mass is 32.2. The maximum atomic E-state index is 13.8. The van der Waals surface area contributed by atoms with Crippen LogP contribution < -0.4 is 10.9 Å². The number of amides is 1. The number of fused-ring (bicyclic) bond motifs is 3. The summed E-state index contributed by atoms with van der Waals surface area (Å²) in [6.45, 7) is 8.32. The van der Waals surface area contributed by atoms with Crippen molar-refractivity contribution in [1.29, 1.82) is 0 Å². The zero-order chi connectivity index (χ0) is 24.7. The van der Waals surface area contributed by atoms with Crippen LogP contribution in [0.3, 0.4) is 0 Å². The second-order valence-electron chi connectivity index (χ2n) is 9.51. The first-order chi connectivity index (χ1) is 16.8. The Morgan fingerprint density at radius 1 is 1.17 bits per heavy atom. The van der Waals surface area contributed by atoms with Gasteiger partial charge < -0.3 is 5.32 Å². The standard InChI is InChI=1S/C28H29N3O2S2/c1-16-10-11-21-22(14-16)35-26-24(21)27(33)31(20-8-6-5-7-9-20)28(30-26)34-15-23(32)29-25-18(3)12-17(2)13-19(25)4/h5-9,12-13,16H,10-11,14-15H2,1-4H3,(H,29,32). The Balaban J connectivity index is 1.51. The molecule has 2 heterocycles. The van der Waals surface area contributed by atoms with Crippen LogP contribution in [0.25, 0.3) is 15.9 Å². The minimum Gasteiger partial charge on any atom is -0.325 e. The zero-order valence-electron chi connectivity index (χ0n) is 20.5. The Hall–Kier alpha value is -2.90. The molecule has 35 heavy (non-hydrogen) atoms. The molecule has 180 valence electrons. The third-order valence-electron chi connectivity index (χ3n) is 6.59. The summed E-state index contributed by atoms with van der Waals surface area (Å²) >= 11 is 2.95. The summed E-state index contributed by atoms with van der Waals surface area (Å²) < 4.78 is 1.67. The molecule has 1 N–H and O–H groups in total. The number of anilines is 1. The van der Waals surface area contributed by atoms with Crippen LogP contribution in [0.1, 0.15) is 40.5 Å². The van der Waals surface area contributed by atoms with E-state index in [9.17, 15) is 9.59 Å². The van der Waals surface area contributed by atoms with Crippen molar-refractivity contribution in [1.82, 2.24) is 9.55 Å². The minimum absolute atomic E-state index is 0.0404. The summed E-state index contributed by atoms with van der Waals surface area (Å²) in [7, 11) is 0. The van der Waals surface area contributed by atoms with E-state index >= 15 is 0 Å². The predicted octanol–water partition coefficient (Wildman–Crippen LogP) is 6.23. The van der Waals surface area contributed by atoms with Crippen molar-refractivity contribution in [2.45, 2.75) is 52.1 Å². The van der Waals surface area contributed by atoms with Gasteiger partial charge in [0, 0.05) is 10.6 Å². The quantitative estimate of drug-likeness (QED) is 0.259. The predicted molar refractivity (Wildman–Crippen MR) is 146 cm³/mol. The molecule has 2 aromatic carbocycles. The van der Waals surface area contributed by atoms with E-state index in [-0.39, 0.29) is 17.2 Å². The van der Waals surface area contributed by atoms with Crippen molar-refractivity contribution in [2.75, 3.05) is 11.1 Å². The van der Waals surface area contributed by atoms with Gasteiger partial charge in [-0.1, -0.05) is 54.6 Å². The van der Waals surface area contributed by atoms with E-state index in [0.717, 1.165) is 52.0 Å². The van der Waals surface area contributed by atoms with E-state index in [1.807, 2.05) is 44.2 Å². The number of aromatic nitrogens is 2. The van der Waals surface area contributed by atoms with Gasteiger partial charge in [0.25, 0.3) is 5.56 Å². The van der Waals surface area contributed by atoms with Crippen LogP contribution in [-0.2, 0) is 17.6 Å². The molecule has 4 aromatic rings. The summed E-state index contributed by atoms with van der Waals surface area (Å²) in [6.07, 6.45) is 3.02. The Morgan fingerprint density at radius 3 is 2.60 bits per heavy atom. The lowest BCUT2D eigenvalue weighted by atomic mass is 9.89. The molecule has 2 aromatic heterocycles. The van der Waals surface area contributed by atoms with Crippen LogP contribution in [0, 0.1) is 26.7 Å². The highest BCUT2D eigenvalue weighted by Crippen LogP contribution is 2.37.